The minimum absolute atomic E-state index is 0.0316. The molecule has 0 radical (unpaired) electrons. The summed E-state index contributed by atoms with van der Waals surface area (Å²) >= 11 is 0. The average Bonchev–Trinajstić information content (AvgIpc) is 2.35. The average molecular weight is 302 g/mol. The van der Waals surface area contributed by atoms with E-state index >= 15 is 0 Å². The van der Waals surface area contributed by atoms with Crippen LogP contribution in [0.15, 0.2) is 18.2 Å². The van der Waals surface area contributed by atoms with E-state index in [4.69, 9.17) is 5.84 Å². The van der Waals surface area contributed by atoms with Gasteiger partial charge in [-0.15, -0.1) is 0 Å². The number of nitro groups is 1. The van der Waals surface area contributed by atoms with Crippen LogP contribution < -0.4 is 11.3 Å². The molecule has 0 aliphatic carbocycles. The quantitative estimate of drug-likeness (QED) is 0.424. The van der Waals surface area contributed by atoms with Crippen LogP contribution in [0.5, 0.6) is 0 Å². The van der Waals surface area contributed by atoms with E-state index in [1.54, 1.807) is 11.9 Å². The summed E-state index contributed by atoms with van der Waals surface area (Å²) in [6, 6.07) is 4.30. The Morgan fingerprint density at radius 2 is 2.10 bits per heavy atom. The fraction of sp³-hybridized carbons (Fsp3) is 0.455. The van der Waals surface area contributed by atoms with Gasteiger partial charge in [-0.05, 0) is 18.7 Å². The highest BCUT2D eigenvalue weighted by molar-refractivity contribution is 7.90. The minimum atomic E-state index is -3.04. The zero-order valence-corrected chi connectivity index (χ0v) is 12.2. The lowest BCUT2D eigenvalue weighted by Crippen LogP contribution is -2.25. The van der Waals surface area contributed by atoms with E-state index in [1.807, 2.05) is 0 Å². The van der Waals surface area contributed by atoms with Gasteiger partial charge in [-0.3, -0.25) is 16.0 Å². The Hall–Kier alpha value is -1.71. The van der Waals surface area contributed by atoms with Crippen molar-refractivity contribution in [2.45, 2.75) is 6.54 Å². The molecular formula is C11H18N4O4S. The number of anilines is 1. The highest BCUT2D eigenvalue weighted by atomic mass is 32.2. The number of non-ortho nitro benzene ring substituents is 1. The monoisotopic (exact) mass is 302 g/mol. The van der Waals surface area contributed by atoms with Crippen molar-refractivity contribution >= 4 is 21.2 Å². The largest absolute Gasteiger partial charge is 0.324 e. The van der Waals surface area contributed by atoms with Crippen LogP contribution in [0.2, 0.25) is 0 Å². The Morgan fingerprint density at radius 1 is 1.45 bits per heavy atom. The predicted molar refractivity (Wildman–Crippen MR) is 77.0 cm³/mol. The van der Waals surface area contributed by atoms with Crippen LogP contribution in [0.1, 0.15) is 5.56 Å². The Bertz CT molecular complexity index is 588. The summed E-state index contributed by atoms with van der Waals surface area (Å²) in [5.74, 6) is 5.39. The Labute approximate surface area is 117 Å². The molecule has 0 unspecified atom stereocenters. The third-order valence-corrected chi connectivity index (χ3v) is 3.66. The highest BCUT2D eigenvalue weighted by Gasteiger charge is 2.13. The molecule has 0 aromatic heterocycles. The summed E-state index contributed by atoms with van der Waals surface area (Å²) in [5, 5.41) is 10.8. The maximum absolute atomic E-state index is 11.1. The van der Waals surface area contributed by atoms with Crippen molar-refractivity contribution in [3.05, 3.63) is 33.9 Å². The number of nitro benzene ring substituents is 1. The second kappa shape index (κ2) is 6.64. The number of benzene rings is 1. The summed E-state index contributed by atoms with van der Waals surface area (Å²) < 4.78 is 22.2. The third-order valence-electron chi connectivity index (χ3n) is 2.74. The van der Waals surface area contributed by atoms with E-state index in [-0.39, 0.29) is 11.4 Å². The molecule has 112 valence electrons. The molecule has 3 N–H and O–H groups in total. The van der Waals surface area contributed by atoms with Crippen molar-refractivity contribution in [3.63, 3.8) is 0 Å². The molecule has 0 heterocycles. The molecular weight excluding hydrogens is 284 g/mol. The minimum Gasteiger partial charge on any atom is -0.324 e. The van der Waals surface area contributed by atoms with Gasteiger partial charge in [0.25, 0.3) is 5.69 Å². The van der Waals surface area contributed by atoms with Crippen molar-refractivity contribution in [2.24, 2.45) is 5.84 Å². The van der Waals surface area contributed by atoms with Crippen molar-refractivity contribution in [3.8, 4) is 0 Å². The first-order valence-electron chi connectivity index (χ1n) is 5.83. The number of nitrogen functional groups attached to an aromatic ring is 1. The second-order valence-corrected chi connectivity index (χ2v) is 6.87. The van der Waals surface area contributed by atoms with E-state index < -0.39 is 14.8 Å². The van der Waals surface area contributed by atoms with Crippen LogP contribution in [0, 0.1) is 10.1 Å². The van der Waals surface area contributed by atoms with Crippen molar-refractivity contribution in [2.75, 3.05) is 31.0 Å². The Balaban J connectivity index is 2.84. The van der Waals surface area contributed by atoms with E-state index in [0.717, 1.165) is 0 Å². The second-order valence-electron chi connectivity index (χ2n) is 4.61. The summed E-state index contributed by atoms with van der Waals surface area (Å²) in [6.07, 6.45) is 1.17. The summed E-state index contributed by atoms with van der Waals surface area (Å²) in [7, 11) is -1.30. The SMILES string of the molecule is CN(CCS(C)(=O)=O)Cc1cc([N+](=O)[O-])ccc1NN. The van der Waals surface area contributed by atoms with Crippen LogP contribution in [0.4, 0.5) is 11.4 Å². The van der Waals surface area contributed by atoms with Crippen LogP contribution >= 0.6 is 0 Å². The van der Waals surface area contributed by atoms with Crippen LogP contribution in [0.3, 0.4) is 0 Å². The molecule has 0 amide bonds. The highest BCUT2D eigenvalue weighted by Crippen LogP contribution is 2.22. The van der Waals surface area contributed by atoms with Gasteiger partial charge in [0.05, 0.1) is 16.4 Å². The van der Waals surface area contributed by atoms with Crippen molar-refractivity contribution < 1.29 is 13.3 Å². The molecule has 0 atom stereocenters. The zero-order chi connectivity index (χ0) is 15.3. The molecule has 9 heteroatoms. The maximum atomic E-state index is 11.1. The van der Waals surface area contributed by atoms with E-state index in [2.05, 4.69) is 5.43 Å². The topological polar surface area (TPSA) is 119 Å². The summed E-state index contributed by atoms with van der Waals surface area (Å²) in [5.41, 5.74) is 3.65. The number of nitrogens with zero attached hydrogens (tertiary/aromatic N) is 2. The standard InChI is InChI=1S/C11H18N4O4S/c1-14(5-6-20(2,18)19)8-9-7-10(15(16)17)3-4-11(9)13-12/h3-4,7,13H,5-6,8,12H2,1-2H3. The predicted octanol–water partition coefficient (Wildman–Crippen LogP) is 0.357. The van der Waals surface area contributed by atoms with Gasteiger partial charge in [-0.1, -0.05) is 0 Å². The van der Waals surface area contributed by atoms with E-state index in [1.165, 1.54) is 24.5 Å². The van der Waals surface area contributed by atoms with Gasteiger partial charge >= 0.3 is 0 Å². The number of hydrogen-bond acceptors (Lipinski definition) is 7. The lowest BCUT2D eigenvalue weighted by molar-refractivity contribution is -0.384. The molecule has 1 rings (SSSR count). The maximum Gasteiger partial charge on any atom is 0.269 e. The lowest BCUT2D eigenvalue weighted by atomic mass is 10.1. The molecule has 1 aromatic rings. The molecule has 8 nitrogen and oxygen atoms in total. The van der Waals surface area contributed by atoms with Crippen LogP contribution in [-0.4, -0.2) is 43.8 Å². The number of sulfone groups is 1. The fourth-order valence-corrected chi connectivity index (χ4v) is 2.30. The summed E-state index contributed by atoms with van der Waals surface area (Å²) in [4.78, 5) is 12.0. The molecule has 0 fully saturated rings. The normalized spacial score (nSPS) is 11.6. The van der Waals surface area contributed by atoms with Crippen LogP contribution in [0.25, 0.3) is 0 Å². The van der Waals surface area contributed by atoms with Gasteiger partial charge in [-0.25, -0.2) is 8.42 Å². The number of nitrogens with two attached hydrogens (primary N) is 1. The fourth-order valence-electron chi connectivity index (χ4n) is 1.66. The Kier molecular flexibility index (Phi) is 5.43. The number of hydrazine groups is 1. The van der Waals surface area contributed by atoms with Gasteiger partial charge in [0.15, 0.2) is 0 Å². The third kappa shape index (κ3) is 5.11. The van der Waals surface area contributed by atoms with Crippen molar-refractivity contribution in [1.82, 2.24) is 4.90 Å². The first-order chi connectivity index (χ1) is 9.23. The molecule has 0 spiro atoms. The van der Waals surface area contributed by atoms with Gasteiger partial charge in [0.1, 0.15) is 9.84 Å². The van der Waals surface area contributed by atoms with Gasteiger partial charge < -0.3 is 10.3 Å². The number of hydrogen-bond donors (Lipinski definition) is 2. The van der Waals surface area contributed by atoms with Gasteiger partial charge in [0.2, 0.25) is 0 Å². The molecule has 0 saturated carbocycles. The molecule has 0 saturated heterocycles. The van der Waals surface area contributed by atoms with E-state index in [9.17, 15) is 18.5 Å². The molecule has 1 aromatic carbocycles. The lowest BCUT2D eigenvalue weighted by Gasteiger charge is -2.18. The number of rotatable bonds is 7. The zero-order valence-electron chi connectivity index (χ0n) is 11.4. The van der Waals surface area contributed by atoms with Crippen LogP contribution in [-0.2, 0) is 16.4 Å². The molecule has 0 bridgehead atoms. The smallest absolute Gasteiger partial charge is 0.269 e. The van der Waals surface area contributed by atoms with Crippen molar-refractivity contribution in [1.29, 1.82) is 0 Å². The molecule has 0 aliphatic heterocycles. The van der Waals surface area contributed by atoms with Gasteiger partial charge in [0, 0.05) is 31.5 Å². The van der Waals surface area contributed by atoms with E-state index in [0.29, 0.717) is 24.3 Å². The number of nitrogens with one attached hydrogen (secondary N) is 1. The summed E-state index contributed by atoms with van der Waals surface area (Å²) in [6.45, 7) is 0.697. The van der Waals surface area contributed by atoms with Gasteiger partial charge in [-0.2, -0.15) is 0 Å². The first-order valence-corrected chi connectivity index (χ1v) is 7.89. The molecule has 20 heavy (non-hydrogen) atoms. The molecule has 0 aliphatic rings. The first kappa shape index (κ1) is 16.3. The Morgan fingerprint density at radius 3 is 2.60 bits per heavy atom.